The molecular formula is C18H27N3O4. The van der Waals surface area contributed by atoms with E-state index >= 15 is 0 Å². The summed E-state index contributed by atoms with van der Waals surface area (Å²) in [4.78, 5) is 28.6. The third-order valence-electron chi connectivity index (χ3n) is 5.14. The molecular weight excluding hydrogens is 322 g/mol. The van der Waals surface area contributed by atoms with Crippen LogP contribution in [0.5, 0.6) is 0 Å². The van der Waals surface area contributed by atoms with Gasteiger partial charge in [-0.2, -0.15) is 0 Å². The Bertz CT molecular complexity index is 627. The number of likely N-dealkylation sites (tertiary alicyclic amines) is 1. The van der Waals surface area contributed by atoms with Crippen LogP contribution in [-0.4, -0.2) is 58.7 Å². The zero-order chi connectivity index (χ0) is 18.1. The van der Waals surface area contributed by atoms with Crippen LogP contribution in [0.1, 0.15) is 54.9 Å². The third kappa shape index (κ3) is 3.50. The SMILES string of the molecule is Cc1noc(C)c1C(=O)N1CCC(N2C(=O)OCC2CC(C)C)CC1. The van der Waals surface area contributed by atoms with Crippen molar-refractivity contribution < 1.29 is 18.8 Å². The molecule has 0 radical (unpaired) electrons. The first-order valence-electron chi connectivity index (χ1n) is 9.05. The Hall–Kier alpha value is -2.05. The van der Waals surface area contributed by atoms with E-state index in [0.29, 0.717) is 42.6 Å². The van der Waals surface area contributed by atoms with Crippen LogP contribution >= 0.6 is 0 Å². The molecule has 2 saturated heterocycles. The lowest BCUT2D eigenvalue weighted by atomic mass is 9.97. The standard InChI is InChI=1S/C18H27N3O4/c1-11(2)9-15-10-24-18(23)21(15)14-5-7-20(8-6-14)17(22)16-12(3)19-25-13(16)4/h11,14-15H,5-10H2,1-4H3. The summed E-state index contributed by atoms with van der Waals surface area (Å²) in [5, 5.41) is 3.87. The van der Waals surface area contributed by atoms with Crippen molar-refractivity contribution in [1.82, 2.24) is 15.0 Å². The quantitative estimate of drug-likeness (QED) is 0.835. The highest BCUT2D eigenvalue weighted by Crippen LogP contribution is 2.28. The number of carbonyl (C=O) groups is 2. The molecule has 1 aromatic heterocycles. The molecule has 2 fully saturated rings. The lowest BCUT2D eigenvalue weighted by Gasteiger charge is -2.38. The van der Waals surface area contributed by atoms with Gasteiger partial charge in [0.1, 0.15) is 17.9 Å². The van der Waals surface area contributed by atoms with E-state index in [4.69, 9.17) is 9.26 Å². The van der Waals surface area contributed by atoms with Gasteiger partial charge in [0.05, 0.1) is 11.7 Å². The number of hydrogen-bond donors (Lipinski definition) is 0. The van der Waals surface area contributed by atoms with Crippen LogP contribution in [0.3, 0.4) is 0 Å². The van der Waals surface area contributed by atoms with Crippen molar-refractivity contribution in [2.24, 2.45) is 5.92 Å². The maximum absolute atomic E-state index is 12.7. The monoisotopic (exact) mass is 349 g/mol. The fraction of sp³-hybridized carbons (Fsp3) is 0.722. The molecule has 0 aliphatic carbocycles. The molecule has 3 heterocycles. The lowest BCUT2D eigenvalue weighted by molar-refractivity contribution is 0.0628. The summed E-state index contributed by atoms with van der Waals surface area (Å²) >= 11 is 0. The number of amides is 2. The van der Waals surface area contributed by atoms with Gasteiger partial charge < -0.3 is 14.2 Å². The summed E-state index contributed by atoms with van der Waals surface area (Å²) in [5.74, 6) is 1.05. The summed E-state index contributed by atoms with van der Waals surface area (Å²) in [7, 11) is 0. The second kappa shape index (κ2) is 7.06. The van der Waals surface area contributed by atoms with E-state index in [2.05, 4.69) is 19.0 Å². The predicted molar refractivity (Wildman–Crippen MR) is 91.3 cm³/mol. The molecule has 25 heavy (non-hydrogen) atoms. The Morgan fingerprint density at radius 1 is 1.28 bits per heavy atom. The van der Waals surface area contributed by atoms with Gasteiger partial charge >= 0.3 is 6.09 Å². The topological polar surface area (TPSA) is 75.9 Å². The number of aryl methyl sites for hydroxylation is 2. The molecule has 7 heteroatoms. The van der Waals surface area contributed by atoms with Gasteiger partial charge in [0, 0.05) is 19.1 Å². The molecule has 2 aliphatic rings. The predicted octanol–water partition coefficient (Wildman–Crippen LogP) is 2.76. The zero-order valence-corrected chi connectivity index (χ0v) is 15.4. The number of aromatic nitrogens is 1. The van der Waals surface area contributed by atoms with Crippen molar-refractivity contribution in [3.8, 4) is 0 Å². The number of rotatable bonds is 4. The summed E-state index contributed by atoms with van der Waals surface area (Å²) in [6.07, 6.45) is 2.29. The number of nitrogens with zero attached hydrogens (tertiary/aromatic N) is 3. The molecule has 0 saturated carbocycles. The highest BCUT2D eigenvalue weighted by molar-refractivity contribution is 5.96. The van der Waals surface area contributed by atoms with Gasteiger partial charge in [-0.3, -0.25) is 9.69 Å². The van der Waals surface area contributed by atoms with E-state index in [9.17, 15) is 9.59 Å². The fourth-order valence-corrected chi connectivity index (χ4v) is 3.94. The van der Waals surface area contributed by atoms with Crippen molar-refractivity contribution in [1.29, 1.82) is 0 Å². The third-order valence-corrected chi connectivity index (χ3v) is 5.14. The van der Waals surface area contributed by atoms with Crippen molar-refractivity contribution in [2.45, 2.75) is 59.0 Å². The number of piperidine rings is 1. The van der Waals surface area contributed by atoms with Crippen molar-refractivity contribution in [3.63, 3.8) is 0 Å². The minimum atomic E-state index is -0.207. The van der Waals surface area contributed by atoms with Crippen LogP contribution in [0, 0.1) is 19.8 Å². The van der Waals surface area contributed by atoms with Crippen LogP contribution in [-0.2, 0) is 4.74 Å². The lowest BCUT2D eigenvalue weighted by Crippen LogP contribution is -2.50. The number of cyclic esters (lactones) is 1. The number of ether oxygens (including phenoxy) is 1. The molecule has 0 spiro atoms. The summed E-state index contributed by atoms with van der Waals surface area (Å²) in [5.41, 5.74) is 1.20. The second-order valence-corrected chi connectivity index (χ2v) is 7.49. The Morgan fingerprint density at radius 3 is 2.52 bits per heavy atom. The first-order valence-corrected chi connectivity index (χ1v) is 9.05. The van der Waals surface area contributed by atoms with Crippen LogP contribution in [0.4, 0.5) is 4.79 Å². The van der Waals surface area contributed by atoms with Gasteiger partial charge in [0.2, 0.25) is 0 Å². The van der Waals surface area contributed by atoms with E-state index in [1.165, 1.54) is 0 Å². The minimum absolute atomic E-state index is 0.0302. The van der Waals surface area contributed by atoms with Gasteiger partial charge in [-0.05, 0) is 39.0 Å². The van der Waals surface area contributed by atoms with Crippen molar-refractivity contribution in [3.05, 3.63) is 17.0 Å². The molecule has 2 amide bonds. The van der Waals surface area contributed by atoms with Crippen LogP contribution in [0.2, 0.25) is 0 Å². The molecule has 7 nitrogen and oxygen atoms in total. The Kier molecular flexibility index (Phi) is 5.01. The first-order chi connectivity index (χ1) is 11.9. The first kappa shape index (κ1) is 17.8. The summed E-state index contributed by atoms with van der Waals surface area (Å²) in [6.45, 7) is 9.61. The molecule has 1 atom stereocenters. The van der Waals surface area contributed by atoms with Crippen LogP contribution in [0.15, 0.2) is 4.52 Å². The molecule has 0 aromatic carbocycles. The zero-order valence-electron chi connectivity index (χ0n) is 15.4. The van der Waals surface area contributed by atoms with Gasteiger partial charge in [-0.25, -0.2) is 4.79 Å². The Morgan fingerprint density at radius 2 is 1.96 bits per heavy atom. The molecule has 1 unspecified atom stereocenters. The molecule has 0 bridgehead atoms. The highest BCUT2D eigenvalue weighted by atomic mass is 16.6. The summed E-state index contributed by atoms with van der Waals surface area (Å²) in [6, 6.07) is 0.301. The number of carbonyl (C=O) groups excluding carboxylic acids is 2. The van der Waals surface area contributed by atoms with Gasteiger partial charge in [-0.1, -0.05) is 19.0 Å². The molecule has 3 rings (SSSR count). The maximum atomic E-state index is 12.7. The van der Waals surface area contributed by atoms with Crippen molar-refractivity contribution in [2.75, 3.05) is 19.7 Å². The fourth-order valence-electron chi connectivity index (χ4n) is 3.94. The van der Waals surface area contributed by atoms with E-state index in [1.807, 2.05) is 9.80 Å². The molecule has 1 aromatic rings. The van der Waals surface area contributed by atoms with Gasteiger partial charge in [-0.15, -0.1) is 0 Å². The highest BCUT2D eigenvalue weighted by Gasteiger charge is 2.40. The van der Waals surface area contributed by atoms with Gasteiger partial charge in [0.15, 0.2) is 0 Å². The summed E-state index contributed by atoms with van der Waals surface area (Å²) < 4.78 is 10.4. The van der Waals surface area contributed by atoms with Crippen molar-refractivity contribution >= 4 is 12.0 Å². The Balaban J connectivity index is 1.63. The number of hydrogen-bond acceptors (Lipinski definition) is 5. The van der Waals surface area contributed by atoms with E-state index in [-0.39, 0.29) is 24.1 Å². The molecule has 0 N–H and O–H groups in total. The van der Waals surface area contributed by atoms with Gasteiger partial charge in [0.25, 0.3) is 5.91 Å². The molecule has 2 aliphatic heterocycles. The van der Waals surface area contributed by atoms with Crippen LogP contribution in [0.25, 0.3) is 0 Å². The van der Waals surface area contributed by atoms with Crippen LogP contribution < -0.4 is 0 Å². The minimum Gasteiger partial charge on any atom is -0.447 e. The largest absolute Gasteiger partial charge is 0.447 e. The maximum Gasteiger partial charge on any atom is 0.410 e. The Labute approximate surface area is 148 Å². The van der Waals surface area contributed by atoms with E-state index in [1.54, 1.807) is 13.8 Å². The normalized spacial score (nSPS) is 22.0. The average molecular weight is 349 g/mol. The smallest absolute Gasteiger partial charge is 0.410 e. The van der Waals surface area contributed by atoms with E-state index < -0.39 is 0 Å². The van der Waals surface area contributed by atoms with E-state index in [0.717, 1.165) is 19.3 Å². The second-order valence-electron chi connectivity index (χ2n) is 7.49. The average Bonchev–Trinajstić information content (AvgIpc) is 3.09. The molecule has 138 valence electrons.